The average Bonchev–Trinajstić information content (AvgIpc) is 2.97. The maximum Gasteiger partial charge on any atom is 0.340 e. The van der Waals surface area contributed by atoms with E-state index in [0.29, 0.717) is 17.8 Å². The number of aryl methyl sites for hydroxylation is 1. The number of hydrogen-bond acceptors (Lipinski definition) is 3. The number of hydrogen-bond donors (Lipinski definition) is 0. The summed E-state index contributed by atoms with van der Waals surface area (Å²) in [5, 5.41) is 0. The predicted molar refractivity (Wildman–Crippen MR) is 100 cm³/mol. The predicted octanol–water partition coefficient (Wildman–Crippen LogP) is 4.47. The van der Waals surface area contributed by atoms with Crippen LogP contribution in [0.15, 0.2) is 54.6 Å². The molecular formula is C22H19F2NO3. The first-order valence-corrected chi connectivity index (χ1v) is 8.73. The molecule has 0 radical (unpaired) electrons. The third-order valence-electron chi connectivity index (χ3n) is 4.54. The summed E-state index contributed by atoms with van der Waals surface area (Å²) in [4.78, 5) is 24.5. The molecule has 0 aliphatic heterocycles. The van der Waals surface area contributed by atoms with E-state index in [1.165, 1.54) is 0 Å². The van der Waals surface area contributed by atoms with E-state index >= 15 is 0 Å². The van der Waals surface area contributed by atoms with Crippen LogP contribution in [0.1, 0.15) is 37.7 Å². The maximum atomic E-state index is 13.7. The van der Waals surface area contributed by atoms with Gasteiger partial charge in [-0.3, -0.25) is 4.79 Å². The molecule has 0 atom stereocenters. The summed E-state index contributed by atoms with van der Waals surface area (Å²) in [6.45, 7) is 3.60. The van der Waals surface area contributed by atoms with Crippen molar-refractivity contribution in [2.24, 2.45) is 0 Å². The Bertz CT molecular complexity index is 1030. The largest absolute Gasteiger partial charge is 0.454 e. The second-order valence-corrected chi connectivity index (χ2v) is 6.48. The molecule has 0 bridgehead atoms. The number of nitrogens with zero attached hydrogens (tertiary/aromatic N) is 1. The van der Waals surface area contributed by atoms with Crippen molar-refractivity contribution in [2.75, 3.05) is 6.61 Å². The molecule has 0 fully saturated rings. The molecule has 3 aromatic rings. The number of ether oxygens (including phenoxy) is 1. The summed E-state index contributed by atoms with van der Waals surface area (Å²) in [6.07, 6.45) is 0. The Balaban J connectivity index is 1.72. The van der Waals surface area contributed by atoms with Gasteiger partial charge in [0.2, 0.25) is 5.78 Å². The first-order chi connectivity index (χ1) is 13.4. The summed E-state index contributed by atoms with van der Waals surface area (Å²) in [5.74, 6) is -3.08. The first-order valence-electron chi connectivity index (χ1n) is 8.73. The molecule has 6 heteroatoms. The Labute approximate surface area is 161 Å². The van der Waals surface area contributed by atoms with Crippen molar-refractivity contribution in [3.05, 3.63) is 94.3 Å². The van der Waals surface area contributed by atoms with Crippen LogP contribution in [-0.4, -0.2) is 22.9 Å². The SMILES string of the molecule is Cc1cc(C(=O)OCC(=O)c2cc(F)ccc2F)c(C)n1Cc1ccccc1. The number of benzene rings is 2. The van der Waals surface area contributed by atoms with Crippen LogP contribution in [0, 0.1) is 25.5 Å². The molecule has 0 aliphatic rings. The molecule has 28 heavy (non-hydrogen) atoms. The highest BCUT2D eigenvalue weighted by Gasteiger charge is 2.20. The van der Waals surface area contributed by atoms with Crippen LogP contribution in [-0.2, 0) is 11.3 Å². The lowest BCUT2D eigenvalue weighted by atomic mass is 10.1. The molecular weight excluding hydrogens is 364 g/mol. The summed E-state index contributed by atoms with van der Waals surface area (Å²) >= 11 is 0. The zero-order valence-corrected chi connectivity index (χ0v) is 15.5. The van der Waals surface area contributed by atoms with Gasteiger partial charge in [-0.25, -0.2) is 13.6 Å². The minimum Gasteiger partial charge on any atom is -0.454 e. The molecule has 4 nitrogen and oxygen atoms in total. The Morgan fingerprint density at radius 1 is 0.964 bits per heavy atom. The first kappa shape index (κ1) is 19.5. The summed E-state index contributed by atoms with van der Waals surface area (Å²) < 4.78 is 33.9. The van der Waals surface area contributed by atoms with Crippen molar-refractivity contribution in [3.63, 3.8) is 0 Å². The minimum absolute atomic E-state index is 0.334. The summed E-state index contributed by atoms with van der Waals surface area (Å²) in [6, 6.07) is 14.0. The van der Waals surface area contributed by atoms with E-state index in [9.17, 15) is 18.4 Å². The molecule has 1 heterocycles. The summed E-state index contributed by atoms with van der Waals surface area (Å²) in [5.41, 5.74) is 2.55. The number of aromatic nitrogens is 1. The van der Waals surface area contributed by atoms with E-state index < -0.39 is 35.6 Å². The van der Waals surface area contributed by atoms with Crippen LogP contribution < -0.4 is 0 Å². The van der Waals surface area contributed by atoms with E-state index in [0.717, 1.165) is 29.5 Å². The van der Waals surface area contributed by atoms with E-state index in [-0.39, 0.29) is 0 Å². The van der Waals surface area contributed by atoms with Gasteiger partial charge in [0.25, 0.3) is 0 Å². The molecule has 144 valence electrons. The van der Waals surface area contributed by atoms with Crippen LogP contribution in [0.5, 0.6) is 0 Å². The van der Waals surface area contributed by atoms with Gasteiger partial charge in [0.15, 0.2) is 6.61 Å². The van der Waals surface area contributed by atoms with Gasteiger partial charge in [-0.15, -0.1) is 0 Å². The minimum atomic E-state index is -0.858. The van der Waals surface area contributed by atoms with Crippen molar-refractivity contribution in [1.82, 2.24) is 4.57 Å². The van der Waals surface area contributed by atoms with Crippen molar-refractivity contribution in [1.29, 1.82) is 0 Å². The van der Waals surface area contributed by atoms with Crippen molar-refractivity contribution in [3.8, 4) is 0 Å². The number of ketones is 1. The fourth-order valence-corrected chi connectivity index (χ4v) is 3.01. The van der Waals surface area contributed by atoms with Gasteiger partial charge in [-0.2, -0.15) is 0 Å². The standard InChI is InChI=1S/C22H19F2NO3/c1-14-10-18(15(2)25(14)12-16-6-4-3-5-7-16)22(27)28-13-21(26)19-11-17(23)8-9-20(19)24/h3-11H,12-13H2,1-2H3. The number of esters is 1. The van der Waals surface area contributed by atoms with Gasteiger partial charge in [0, 0.05) is 17.9 Å². The smallest absolute Gasteiger partial charge is 0.340 e. The number of rotatable bonds is 6. The lowest BCUT2D eigenvalue weighted by molar-refractivity contribution is 0.0472. The second kappa shape index (κ2) is 8.17. The van der Waals surface area contributed by atoms with Crippen LogP contribution in [0.25, 0.3) is 0 Å². The van der Waals surface area contributed by atoms with Crippen molar-refractivity contribution >= 4 is 11.8 Å². The average molecular weight is 383 g/mol. The quantitative estimate of drug-likeness (QED) is 0.466. The lowest BCUT2D eigenvalue weighted by Crippen LogP contribution is -2.16. The van der Waals surface area contributed by atoms with E-state index in [1.807, 2.05) is 41.8 Å². The number of halogens is 2. The molecule has 0 saturated heterocycles. The van der Waals surface area contributed by atoms with Gasteiger partial charge in [0.05, 0.1) is 11.1 Å². The van der Waals surface area contributed by atoms with Gasteiger partial charge < -0.3 is 9.30 Å². The third kappa shape index (κ3) is 4.17. The highest BCUT2D eigenvalue weighted by atomic mass is 19.1. The Morgan fingerprint density at radius 2 is 1.68 bits per heavy atom. The zero-order chi connectivity index (χ0) is 20.3. The topological polar surface area (TPSA) is 48.3 Å². The summed E-state index contributed by atoms with van der Waals surface area (Å²) in [7, 11) is 0. The molecule has 0 amide bonds. The van der Waals surface area contributed by atoms with Crippen LogP contribution in [0.4, 0.5) is 8.78 Å². The zero-order valence-electron chi connectivity index (χ0n) is 15.5. The normalized spacial score (nSPS) is 10.7. The fourth-order valence-electron chi connectivity index (χ4n) is 3.01. The molecule has 0 N–H and O–H groups in total. The van der Waals surface area contributed by atoms with E-state index in [4.69, 9.17) is 4.74 Å². The van der Waals surface area contributed by atoms with Gasteiger partial charge in [-0.05, 0) is 43.7 Å². The molecule has 0 spiro atoms. The lowest BCUT2D eigenvalue weighted by Gasteiger charge is -2.10. The van der Waals surface area contributed by atoms with E-state index in [2.05, 4.69) is 0 Å². The second-order valence-electron chi connectivity index (χ2n) is 6.48. The molecule has 0 unspecified atom stereocenters. The number of Topliss-reactive ketones (excluding diaryl/α,β-unsaturated/α-hetero) is 1. The molecule has 2 aromatic carbocycles. The highest BCUT2D eigenvalue weighted by Crippen LogP contribution is 2.18. The van der Waals surface area contributed by atoms with Crippen LogP contribution >= 0.6 is 0 Å². The van der Waals surface area contributed by atoms with Crippen molar-refractivity contribution < 1.29 is 23.1 Å². The highest BCUT2D eigenvalue weighted by molar-refractivity contribution is 5.99. The number of carbonyl (C=O) groups is 2. The number of carbonyl (C=O) groups excluding carboxylic acids is 2. The third-order valence-corrected chi connectivity index (χ3v) is 4.54. The van der Waals surface area contributed by atoms with Crippen molar-refractivity contribution in [2.45, 2.75) is 20.4 Å². The fraction of sp³-hybridized carbons (Fsp3) is 0.182. The molecule has 0 saturated carbocycles. The Kier molecular flexibility index (Phi) is 5.68. The van der Waals surface area contributed by atoms with Gasteiger partial charge in [0.1, 0.15) is 11.6 Å². The van der Waals surface area contributed by atoms with Crippen LogP contribution in [0.3, 0.4) is 0 Å². The van der Waals surface area contributed by atoms with E-state index in [1.54, 1.807) is 13.0 Å². The maximum absolute atomic E-state index is 13.7. The van der Waals surface area contributed by atoms with Crippen LogP contribution in [0.2, 0.25) is 0 Å². The Morgan fingerprint density at radius 3 is 2.39 bits per heavy atom. The monoisotopic (exact) mass is 383 g/mol. The van der Waals surface area contributed by atoms with Gasteiger partial charge >= 0.3 is 5.97 Å². The van der Waals surface area contributed by atoms with Gasteiger partial charge in [-0.1, -0.05) is 30.3 Å². The molecule has 3 rings (SSSR count). The molecule has 1 aromatic heterocycles. The molecule has 0 aliphatic carbocycles. The Hall–Kier alpha value is -3.28.